The minimum atomic E-state index is -0.795. The van der Waals surface area contributed by atoms with Crippen molar-refractivity contribution in [2.24, 2.45) is 11.3 Å². The summed E-state index contributed by atoms with van der Waals surface area (Å²) < 4.78 is 10.0. The van der Waals surface area contributed by atoms with E-state index in [0.717, 1.165) is 6.42 Å². The summed E-state index contributed by atoms with van der Waals surface area (Å²) in [6, 6.07) is 5.26. The maximum absolute atomic E-state index is 11.6. The summed E-state index contributed by atoms with van der Waals surface area (Å²) in [6.45, 7) is 0.306. The molecule has 0 saturated heterocycles. The Morgan fingerprint density at radius 2 is 1.95 bits per heavy atom. The van der Waals surface area contributed by atoms with Crippen LogP contribution in [0.5, 0.6) is 5.75 Å². The summed E-state index contributed by atoms with van der Waals surface area (Å²) in [5.74, 6) is 0.522. The highest BCUT2D eigenvalue weighted by Gasteiger charge is 2.51. The number of carbonyl (C=O) groups excluding carboxylic acids is 1. The third kappa shape index (κ3) is 2.79. The van der Waals surface area contributed by atoms with Crippen molar-refractivity contribution in [2.75, 3.05) is 6.61 Å². The molecule has 3 rings (SSSR count). The minimum Gasteiger partial charge on any atom is -0.434 e. The Bertz CT molecular complexity index is 620. The van der Waals surface area contributed by atoms with Crippen molar-refractivity contribution in [1.82, 2.24) is 0 Å². The van der Waals surface area contributed by atoms with Gasteiger partial charge in [-0.2, -0.15) is 0 Å². The Morgan fingerprint density at radius 3 is 2.57 bits per heavy atom. The summed E-state index contributed by atoms with van der Waals surface area (Å²) >= 11 is 0. The Labute approximate surface area is 120 Å². The molecule has 2 aliphatic rings. The zero-order valence-corrected chi connectivity index (χ0v) is 11.1. The van der Waals surface area contributed by atoms with E-state index in [2.05, 4.69) is 12.2 Å². The van der Waals surface area contributed by atoms with Gasteiger partial charge in [-0.3, -0.25) is 10.1 Å². The van der Waals surface area contributed by atoms with Gasteiger partial charge < -0.3 is 9.47 Å². The number of ether oxygens (including phenoxy) is 2. The average molecular weight is 287 g/mol. The fraction of sp³-hybridized carbons (Fsp3) is 0.267. The van der Waals surface area contributed by atoms with E-state index in [1.807, 2.05) is 12.2 Å². The van der Waals surface area contributed by atoms with E-state index in [0.29, 0.717) is 12.5 Å². The summed E-state index contributed by atoms with van der Waals surface area (Å²) in [5.41, 5.74) is 0.0173. The fourth-order valence-electron chi connectivity index (χ4n) is 2.45. The summed E-state index contributed by atoms with van der Waals surface area (Å²) in [4.78, 5) is 21.5. The van der Waals surface area contributed by atoms with Crippen LogP contribution in [0.3, 0.4) is 0 Å². The number of nitro benzene ring substituents is 1. The lowest BCUT2D eigenvalue weighted by atomic mass is 10.1. The zero-order valence-electron chi connectivity index (χ0n) is 11.1. The monoisotopic (exact) mass is 287 g/mol. The van der Waals surface area contributed by atoms with Crippen LogP contribution in [0, 0.1) is 21.4 Å². The second kappa shape index (κ2) is 5.05. The van der Waals surface area contributed by atoms with Crippen molar-refractivity contribution in [3.05, 3.63) is 58.7 Å². The normalized spacial score (nSPS) is 20.5. The van der Waals surface area contributed by atoms with E-state index in [1.54, 1.807) is 0 Å². The standard InChI is InChI=1S/C15H13NO5/c17-14(20-10-11-9-15(11)7-1-2-8-15)21-13-5-3-12(4-6-13)16(18)19/h1-8,11H,9-10H2. The molecule has 0 amide bonds. The molecular formula is C15H13NO5. The molecule has 1 saturated carbocycles. The Kier molecular flexibility index (Phi) is 3.21. The van der Waals surface area contributed by atoms with Crippen LogP contribution >= 0.6 is 0 Å². The first-order valence-corrected chi connectivity index (χ1v) is 6.55. The van der Waals surface area contributed by atoms with Gasteiger partial charge in [-0.1, -0.05) is 24.3 Å². The Morgan fingerprint density at radius 1 is 1.29 bits per heavy atom. The predicted molar refractivity (Wildman–Crippen MR) is 73.9 cm³/mol. The van der Waals surface area contributed by atoms with E-state index in [9.17, 15) is 14.9 Å². The van der Waals surface area contributed by atoms with Gasteiger partial charge in [0.1, 0.15) is 5.75 Å². The molecule has 0 aromatic heterocycles. The third-order valence-electron chi connectivity index (χ3n) is 3.78. The molecule has 2 aliphatic carbocycles. The highest BCUT2D eigenvalue weighted by Crippen LogP contribution is 2.56. The molecule has 1 spiro atoms. The highest BCUT2D eigenvalue weighted by atomic mass is 16.7. The van der Waals surface area contributed by atoms with Gasteiger partial charge in [0.2, 0.25) is 0 Å². The minimum absolute atomic E-state index is 0.0598. The van der Waals surface area contributed by atoms with Crippen molar-refractivity contribution in [3.8, 4) is 5.75 Å². The van der Waals surface area contributed by atoms with Gasteiger partial charge in [-0.05, 0) is 18.6 Å². The first-order valence-electron chi connectivity index (χ1n) is 6.55. The van der Waals surface area contributed by atoms with E-state index < -0.39 is 11.1 Å². The van der Waals surface area contributed by atoms with Crippen LogP contribution in [-0.2, 0) is 4.74 Å². The van der Waals surface area contributed by atoms with Crippen molar-refractivity contribution >= 4 is 11.8 Å². The lowest BCUT2D eigenvalue weighted by molar-refractivity contribution is -0.384. The molecule has 1 atom stereocenters. The molecule has 0 N–H and O–H groups in total. The lowest BCUT2D eigenvalue weighted by Crippen LogP contribution is -2.13. The van der Waals surface area contributed by atoms with Crippen LogP contribution in [0.1, 0.15) is 6.42 Å². The van der Waals surface area contributed by atoms with Crippen molar-refractivity contribution < 1.29 is 19.2 Å². The van der Waals surface area contributed by atoms with Crippen molar-refractivity contribution in [2.45, 2.75) is 6.42 Å². The molecule has 6 nitrogen and oxygen atoms in total. The van der Waals surface area contributed by atoms with E-state index in [1.165, 1.54) is 24.3 Å². The number of nitro groups is 1. The molecule has 1 unspecified atom stereocenters. The number of benzene rings is 1. The zero-order chi connectivity index (χ0) is 14.9. The van der Waals surface area contributed by atoms with E-state index >= 15 is 0 Å². The number of allylic oxidation sites excluding steroid dienone is 4. The lowest BCUT2D eigenvalue weighted by Gasteiger charge is -2.07. The largest absolute Gasteiger partial charge is 0.513 e. The quantitative estimate of drug-likeness (QED) is 0.367. The van der Waals surface area contributed by atoms with Crippen molar-refractivity contribution in [3.63, 3.8) is 0 Å². The van der Waals surface area contributed by atoms with Gasteiger partial charge in [0.25, 0.3) is 5.69 Å². The molecule has 1 aromatic carbocycles. The van der Waals surface area contributed by atoms with Crippen LogP contribution in [0.25, 0.3) is 0 Å². The topological polar surface area (TPSA) is 78.7 Å². The Hall–Kier alpha value is -2.63. The second-order valence-corrected chi connectivity index (χ2v) is 5.15. The molecule has 108 valence electrons. The number of hydrogen-bond acceptors (Lipinski definition) is 5. The number of non-ortho nitro benzene ring substituents is 1. The summed E-state index contributed by atoms with van der Waals surface area (Å²) in [5, 5.41) is 10.5. The predicted octanol–water partition coefficient (Wildman–Crippen LogP) is 3.24. The van der Waals surface area contributed by atoms with Gasteiger partial charge in [-0.15, -0.1) is 0 Å². The number of nitrogens with zero attached hydrogens (tertiary/aromatic N) is 1. The SMILES string of the molecule is O=C(OCC1CC12C=CC=C2)Oc1ccc([N+](=O)[O-])cc1. The molecular weight excluding hydrogens is 274 g/mol. The first kappa shape index (κ1) is 13.4. The molecule has 1 aromatic rings. The van der Waals surface area contributed by atoms with Gasteiger partial charge >= 0.3 is 6.16 Å². The van der Waals surface area contributed by atoms with Crippen LogP contribution in [0.4, 0.5) is 10.5 Å². The van der Waals surface area contributed by atoms with Crippen LogP contribution in [0.2, 0.25) is 0 Å². The smallest absolute Gasteiger partial charge is 0.434 e. The number of carbonyl (C=O) groups is 1. The molecule has 0 aliphatic heterocycles. The van der Waals surface area contributed by atoms with Crippen LogP contribution in [0.15, 0.2) is 48.6 Å². The van der Waals surface area contributed by atoms with Gasteiger partial charge in [0.05, 0.1) is 11.5 Å². The first-order chi connectivity index (χ1) is 10.1. The molecule has 6 heteroatoms. The Balaban J connectivity index is 1.47. The van der Waals surface area contributed by atoms with Gasteiger partial charge in [0, 0.05) is 23.5 Å². The summed E-state index contributed by atoms with van der Waals surface area (Å²) in [7, 11) is 0. The van der Waals surface area contributed by atoms with Crippen molar-refractivity contribution in [1.29, 1.82) is 0 Å². The second-order valence-electron chi connectivity index (χ2n) is 5.15. The molecule has 0 radical (unpaired) electrons. The third-order valence-corrected chi connectivity index (χ3v) is 3.78. The average Bonchev–Trinajstić information content (AvgIpc) is 2.91. The van der Waals surface area contributed by atoms with E-state index in [-0.39, 0.29) is 16.9 Å². The molecule has 0 heterocycles. The van der Waals surface area contributed by atoms with Crippen LogP contribution in [-0.4, -0.2) is 17.7 Å². The summed E-state index contributed by atoms with van der Waals surface area (Å²) in [6.07, 6.45) is 8.40. The molecule has 1 fully saturated rings. The van der Waals surface area contributed by atoms with E-state index in [4.69, 9.17) is 9.47 Å². The van der Waals surface area contributed by atoms with Gasteiger partial charge in [-0.25, -0.2) is 4.79 Å². The fourth-order valence-corrected chi connectivity index (χ4v) is 2.45. The number of rotatable bonds is 4. The van der Waals surface area contributed by atoms with Gasteiger partial charge in [0.15, 0.2) is 0 Å². The maximum atomic E-state index is 11.6. The van der Waals surface area contributed by atoms with Crippen LogP contribution < -0.4 is 4.74 Å². The molecule has 21 heavy (non-hydrogen) atoms. The number of hydrogen-bond donors (Lipinski definition) is 0. The maximum Gasteiger partial charge on any atom is 0.513 e. The molecule has 0 bridgehead atoms. The highest BCUT2D eigenvalue weighted by molar-refractivity contribution is 5.64.